The van der Waals surface area contributed by atoms with Gasteiger partial charge in [0, 0.05) is 18.8 Å². The van der Waals surface area contributed by atoms with Crippen molar-refractivity contribution >= 4 is 5.97 Å². The van der Waals surface area contributed by atoms with Crippen LogP contribution in [0.1, 0.15) is 42.8 Å². The summed E-state index contributed by atoms with van der Waals surface area (Å²) >= 11 is 0. The summed E-state index contributed by atoms with van der Waals surface area (Å²) in [5.74, 6) is 0.0350. The first kappa shape index (κ1) is 21.7. The molecule has 3 aromatic heterocycles. The van der Waals surface area contributed by atoms with Crippen molar-refractivity contribution < 1.29 is 19.4 Å². The Hall–Kier alpha value is -3.56. The molecule has 0 bridgehead atoms. The Morgan fingerprint density at radius 1 is 1.25 bits per heavy atom. The lowest BCUT2D eigenvalue weighted by atomic mass is 9.87. The van der Waals surface area contributed by atoms with Crippen molar-refractivity contribution in [2.45, 2.75) is 52.2 Å². The van der Waals surface area contributed by atoms with Gasteiger partial charge in [-0.2, -0.15) is 0 Å². The molecule has 0 aliphatic heterocycles. The highest BCUT2D eigenvalue weighted by atomic mass is 16.5. The normalized spacial score (nSPS) is 18.3. The first-order valence-corrected chi connectivity index (χ1v) is 10.6. The van der Waals surface area contributed by atoms with Gasteiger partial charge in [-0.05, 0) is 51.7 Å². The van der Waals surface area contributed by atoms with Gasteiger partial charge in [0.05, 0.1) is 23.4 Å². The fourth-order valence-corrected chi connectivity index (χ4v) is 3.85. The molecular formula is C22H26N6O4. The van der Waals surface area contributed by atoms with Crippen molar-refractivity contribution in [3.8, 4) is 23.0 Å². The molecule has 0 saturated heterocycles. The van der Waals surface area contributed by atoms with Crippen LogP contribution in [0.2, 0.25) is 0 Å². The summed E-state index contributed by atoms with van der Waals surface area (Å²) in [6, 6.07) is 5.45. The number of rotatable bonds is 7. The van der Waals surface area contributed by atoms with E-state index in [1.165, 1.54) is 6.33 Å². The van der Waals surface area contributed by atoms with E-state index in [1.807, 2.05) is 26.0 Å². The monoisotopic (exact) mass is 438 g/mol. The molecule has 1 aliphatic rings. The molecular weight excluding hydrogens is 412 g/mol. The van der Waals surface area contributed by atoms with Gasteiger partial charge in [0.2, 0.25) is 5.88 Å². The number of carbonyl (C=O) groups is 1. The van der Waals surface area contributed by atoms with Crippen LogP contribution in [0.15, 0.2) is 24.5 Å². The third-order valence-electron chi connectivity index (χ3n) is 5.63. The molecule has 2 atom stereocenters. The van der Waals surface area contributed by atoms with E-state index in [1.54, 1.807) is 17.8 Å². The third kappa shape index (κ3) is 4.84. The molecule has 1 fully saturated rings. The number of aryl methyl sites for hydroxylation is 3. The maximum Gasteiger partial charge on any atom is 0.306 e. The summed E-state index contributed by atoms with van der Waals surface area (Å²) in [6.07, 6.45) is 4.26. The fraction of sp³-hybridized carbons (Fsp3) is 0.455. The number of carboxylic acids is 1. The molecule has 4 rings (SSSR count). The maximum atomic E-state index is 11.3. The van der Waals surface area contributed by atoms with Crippen molar-refractivity contribution in [1.82, 2.24) is 29.9 Å². The summed E-state index contributed by atoms with van der Waals surface area (Å²) in [5.41, 5.74) is 3.57. The summed E-state index contributed by atoms with van der Waals surface area (Å²) in [6.45, 7) is 3.97. The Kier molecular flexibility index (Phi) is 6.29. The van der Waals surface area contributed by atoms with Crippen LogP contribution in [0.25, 0.3) is 11.4 Å². The van der Waals surface area contributed by atoms with E-state index in [0.717, 1.165) is 24.2 Å². The minimum Gasteiger partial charge on any atom is -0.489 e. The Bertz CT molecular complexity index is 1120. The lowest BCUT2D eigenvalue weighted by molar-refractivity contribution is -0.143. The fourth-order valence-electron chi connectivity index (χ4n) is 3.85. The SMILES string of the molecule is Cc1cc(OCc2c(-c3ccc(O[C@H]4CCC[C@H](C(=O)O)C4)c(C)n3)nnn2C)ncn1. The highest BCUT2D eigenvalue weighted by Crippen LogP contribution is 2.30. The molecule has 1 saturated carbocycles. The van der Waals surface area contributed by atoms with Crippen LogP contribution in [-0.4, -0.2) is 47.1 Å². The number of aliphatic carboxylic acids is 1. The van der Waals surface area contributed by atoms with Crippen LogP contribution >= 0.6 is 0 Å². The van der Waals surface area contributed by atoms with E-state index in [2.05, 4.69) is 25.3 Å². The predicted octanol–water partition coefficient (Wildman–Crippen LogP) is 2.89. The van der Waals surface area contributed by atoms with Crippen molar-refractivity contribution in [2.24, 2.45) is 13.0 Å². The molecule has 0 unspecified atom stereocenters. The van der Waals surface area contributed by atoms with E-state index >= 15 is 0 Å². The molecule has 10 heteroatoms. The molecule has 3 aromatic rings. The smallest absolute Gasteiger partial charge is 0.306 e. The number of pyridine rings is 1. The summed E-state index contributed by atoms with van der Waals surface area (Å²) in [4.78, 5) is 24.2. The maximum absolute atomic E-state index is 11.3. The van der Waals surface area contributed by atoms with Crippen molar-refractivity contribution in [3.05, 3.63) is 41.6 Å². The van der Waals surface area contributed by atoms with Crippen LogP contribution < -0.4 is 9.47 Å². The summed E-state index contributed by atoms with van der Waals surface area (Å²) in [7, 11) is 1.80. The molecule has 0 aromatic carbocycles. The standard InChI is InChI=1S/C22H26N6O4/c1-13-9-20(24-12-23-13)31-11-18-21(26-27-28(18)3)17-7-8-19(14(2)25-17)32-16-6-4-5-15(10-16)22(29)30/h7-9,12,15-16H,4-6,10-11H2,1-3H3,(H,29,30)/t15-,16-/m0/s1. The van der Waals surface area contributed by atoms with E-state index in [0.29, 0.717) is 41.6 Å². The second-order valence-electron chi connectivity index (χ2n) is 8.02. The Labute approximate surface area is 185 Å². The Balaban J connectivity index is 1.49. The topological polar surface area (TPSA) is 125 Å². The van der Waals surface area contributed by atoms with Crippen LogP contribution in [0, 0.1) is 19.8 Å². The molecule has 0 radical (unpaired) electrons. The second-order valence-corrected chi connectivity index (χ2v) is 8.02. The number of hydrogen-bond acceptors (Lipinski definition) is 8. The van der Waals surface area contributed by atoms with Gasteiger partial charge in [0.25, 0.3) is 0 Å². The zero-order valence-electron chi connectivity index (χ0n) is 18.4. The molecule has 32 heavy (non-hydrogen) atoms. The van der Waals surface area contributed by atoms with Gasteiger partial charge in [0.15, 0.2) is 0 Å². The Morgan fingerprint density at radius 3 is 2.84 bits per heavy atom. The van der Waals surface area contributed by atoms with Gasteiger partial charge >= 0.3 is 5.97 Å². The molecule has 0 amide bonds. The first-order valence-electron chi connectivity index (χ1n) is 10.6. The van der Waals surface area contributed by atoms with Gasteiger partial charge in [-0.25, -0.2) is 19.6 Å². The zero-order chi connectivity index (χ0) is 22.7. The van der Waals surface area contributed by atoms with Gasteiger partial charge < -0.3 is 14.6 Å². The van der Waals surface area contributed by atoms with Gasteiger partial charge in [-0.15, -0.1) is 5.10 Å². The highest BCUT2D eigenvalue weighted by Gasteiger charge is 2.28. The molecule has 10 nitrogen and oxygen atoms in total. The van der Waals surface area contributed by atoms with Crippen LogP contribution in [0.5, 0.6) is 11.6 Å². The second kappa shape index (κ2) is 9.29. The minimum absolute atomic E-state index is 0.118. The van der Waals surface area contributed by atoms with E-state index in [4.69, 9.17) is 9.47 Å². The van der Waals surface area contributed by atoms with Gasteiger partial charge in [-0.1, -0.05) is 5.21 Å². The van der Waals surface area contributed by atoms with E-state index in [-0.39, 0.29) is 18.6 Å². The number of ether oxygens (including phenoxy) is 2. The van der Waals surface area contributed by atoms with E-state index < -0.39 is 5.97 Å². The minimum atomic E-state index is -0.752. The quantitative estimate of drug-likeness (QED) is 0.592. The number of hydrogen-bond donors (Lipinski definition) is 1. The average molecular weight is 438 g/mol. The summed E-state index contributed by atoms with van der Waals surface area (Å²) in [5, 5.41) is 17.7. The molecule has 1 aliphatic carbocycles. The van der Waals surface area contributed by atoms with Gasteiger partial charge in [0.1, 0.15) is 30.1 Å². The Morgan fingerprint density at radius 2 is 2.09 bits per heavy atom. The molecule has 168 valence electrons. The zero-order valence-corrected chi connectivity index (χ0v) is 18.4. The largest absolute Gasteiger partial charge is 0.489 e. The van der Waals surface area contributed by atoms with Crippen molar-refractivity contribution in [3.63, 3.8) is 0 Å². The number of carboxylic acid groups (broad SMARTS) is 1. The van der Waals surface area contributed by atoms with Crippen molar-refractivity contribution in [1.29, 1.82) is 0 Å². The average Bonchev–Trinajstić information content (AvgIpc) is 3.14. The number of aromatic nitrogens is 6. The summed E-state index contributed by atoms with van der Waals surface area (Å²) < 4.78 is 13.6. The lowest BCUT2D eigenvalue weighted by Crippen LogP contribution is -2.29. The van der Waals surface area contributed by atoms with E-state index in [9.17, 15) is 9.90 Å². The van der Waals surface area contributed by atoms with Gasteiger partial charge in [-0.3, -0.25) is 4.79 Å². The number of nitrogens with zero attached hydrogens (tertiary/aromatic N) is 6. The molecule has 0 spiro atoms. The predicted molar refractivity (Wildman–Crippen MR) is 114 cm³/mol. The third-order valence-corrected chi connectivity index (χ3v) is 5.63. The van der Waals surface area contributed by atoms with Crippen LogP contribution in [0.4, 0.5) is 0 Å². The lowest BCUT2D eigenvalue weighted by Gasteiger charge is -2.27. The highest BCUT2D eigenvalue weighted by molar-refractivity contribution is 5.70. The van der Waals surface area contributed by atoms with Crippen LogP contribution in [0.3, 0.4) is 0 Å². The molecule has 1 N–H and O–H groups in total. The molecule has 3 heterocycles. The van der Waals surface area contributed by atoms with Crippen LogP contribution in [-0.2, 0) is 18.4 Å². The first-order chi connectivity index (χ1) is 15.4. The van der Waals surface area contributed by atoms with Crippen molar-refractivity contribution in [2.75, 3.05) is 0 Å².